The molecule has 0 aliphatic carbocycles. The zero-order valence-corrected chi connectivity index (χ0v) is 13.8. The first-order valence-electron chi connectivity index (χ1n) is 7.28. The topological polar surface area (TPSA) is 40.5 Å². The first-order valence-corrected chi connectivity index (χ1v) is 8.10. The Hall–Kier alpha value is -2.59. The maximum atomic E-state index is 12.6. The van der Waals surface area contributed by atoms with Crippen LogP contribution >= 0.6 is 11.3 Å². The number of anilines is 1. The SMILES string of the molecule is Cc1cccc(-c2ccc(C(=O)N(C)c3cccc(O)c3)s2)c1. The van der Waals surface area contributed by atoms with Crippen LogP contribution in [0.5, 0.6) is 5.75 Å². The number of benzene rings is 2. The van der Waals surface area contributed by atoms with Crippen molar-refractivity contribution in [3.05, 3.63) is 71.1 Å². The van der Waals surface area contributed by atoms with Crippen LogP contribution in [0.25, 0.3) is 10.4 Å². The number of hydrogen-bond donors (Lipinski definition) is 1. The molecule has 0 spiro atoms. The van der Waals surface area contributed by atoms with Crippen molar-refractivity contribution in [3.63, 3.8) is 0 Å². The van der Waals surface area contributed by atoms with E-state index in [1.165, 1.54) is 16.9 Å². The average Bonchev–Trinajstić information content (AvgIpc) is 3.03. The van der Waals surface area contributed by atoms with Gasteiger partial charge in [0, 0.05) is 23.7 Å². The molecule has 23 heavy (non-hydrogen) atoms. The minimum absolute atomic E-state index is 0.0838. The predicted octanol–water partition coefficient (Wildman–Crippen LogP) is 4.71. The van der Waals surface area contributed by atoms with Crippen molar-refractivity contribution < 1.29 is 9.90 Å². The van der Waals surface area contributed by atoms with E-state index in [1.807, 2.05) is 24.3 Å². The normalized spacial score (nSPS) is 10.5. The summed E-state index contributed by atoms with van der Waals surface area (Å²) in [7, 11) is 1.71. The van der Waals surface area contributed by atoms with Crippen molar-refractivity contribution in [1.29, 1.82) is 0 Å². The Morgan fingerprint density at radius 3 is 2.57 bits per heavy atom. The minimum atomic E-state index is -0.0838. The molecule has 0 unspecified atom stereocenters. The van der Waals surface area contributed by atoms with Gasteiger partial charge in [-0.25, -0.2) is 0 Å². The van der Waals surface area contributed by atoms with Gasteiger partial charge >= 0.3 is 0 Å². The molecule has 0 radical (unpaired) electrons. The second-order valence-corrected chi connectivity index (χ2v) is 6.50. The van der Waals surface area contributed by atoms with Gasteiger partial charge in [-0.2, -0.15) is 0 Å². The third-order valence-corrected chi connectivity index (χ3v) is 4.76. The van der Waals surface area contributed by atoms with E-state index in [-0.39, 0.29) is 11.7 Å². The highest BCUT2D eigenvalue weighted by molar-refractivity contribution is 7.17. The zero-order chi connectivity index (χ0) is 16.4. The standard InChI is InChI=1S/C19H17NO2S/c1-13-5-3-6-14(11-13)17-9-10-18(23-17)19(22)20(2)15-7-4-8-16(21)12-15/h3-12,21H,1-2H3. The van der Waals surface area contributed by atoms with Crippen molar-refractivity contribution in [2.24, 2.45) is 0 Å². The lowest BCUT2D eigenvalue weighted by Gasteiger charge is -2.16. The van der Waals surface area contributed by atoms with Crippen molar-refractivity contribution in [1.82, 2.24) is 0 Å². The van der Waals surface area contributed by atoms with E-state index < -0.39 is 0 Å². The van der Waals surface area contributed by atoms with Gasteiger partial charge < -0.3 is 10.0 Å². The van der Waals surface area contributed by atoms with Crippen molar-refractivity contribution in [2.45, 2.75) is 6.92 Å². The molecule has 0 saturated heterocycles. The zero-order valence-electron chi connectivity index (χ0n) is 13.0. The number of phenolic OH excluding ortho intramolecular Hbond substituents is 1. The molecule has 0 aliphatic rings. The van der Waals surface area contributed by atoms with Gasteiger partial charge in [-0.05, 0) is 36.8 Å². The number of phenols is 1. The van der Waals surface area contributed by atoms with Gasteiger partial charge in [-0.3, -0.25) is 4.79 Å². The number of hydrogen-bond acceptors (Lipinski definition) is 3. The number of aryl methyl sites for hydroxylation is 1. The maximum Gasteiger partial charge on any atom is 0.268 e. The van der Waals surface area contributed by atoms with E-state index in [4.69, 9.17) is 0 Å². The fraction of sp³-hybridized carbons (Fsp3) is 0.105. The molecule has 0 fully saturated rings. The summed E-state index contributed by atoms with van der Waals surface area (Å²) in [4.78, 5) is 15.9. The van der Waals surface area contributed by atoms with Crippen LogP contribution in [0.3, 0.4) is 0 Å². The minimum Gasteiger partial charge on any atom is -0.508 e. The number of rotatable bonds is 3. The molecular formula is C19H17NO2S. The summed E-state index contributed by atoms with van der Waals surface area (Å²) in [5.41, 5.74) is 2.98. The number of carbonyl (C=O) groups excluding carboxylic acids is 1. The summed E-state index contributed by atoms with van der Waals surface area (Å²) in [6, 6.07) is 18.7. The summed E-state index contributed by atoms with van der Waals surface area (Å²) < 4.78 is 0. The summed E-state index contributed by atoms with van der Waals surface area (Å²) in [5.74, 6) is 0.0632. The van der Waals surface area contributed by atoms with Crippen molar-refractivity contribution in [3.8, 4) is 16.2 Å². The third kappa shape index (κ3) is 3.27. The van der Waals surface area contributed by atoms with Crippen molar-refractivity contribution in [2.75, 3.05) is 11.9 Å². The number of thiophene rings is 1. The molecule has 116 valence electrons. The molecule has 0 bridgehead atoms. The maximum absolute atomic E-state index is 12.6. The average molecular weight is 323 g/mol. The molecule has 1 heterocycles. The monoisotopic (exact) mass is 323 g/mol. The molecule has 0 aliphatic heterocycles. The fourth-order valence-corrected chi connectivity index (χ4v) is 3.37. The third-order valence-electron chi connectivity index (χ3n) is 3.64. The first-order chi connectivity index (χ1) is 11.0. The lowest BCUT2D eigenvalue weighted by atomic mass is 10.1. The number of carbonyl (C=O) groups is 1. The Bertz CT molecular complexity index is 854. The van der Waals surface area contributed by atoms with Crippen LogP contribution in [0.4, 0.5) is 5.69 Å². The lowest BCUT2D eigenvalue weighted by molar-refractivity contribution is 0.0997. The molecule has 2 aromatic carbocycles. The summed E-state index contributed by atoms with van der Waals surface area (Å²) >= 11 is 1.48. The molecule has 3 rings (SSSR count). The highest BCUT2D eigenvalue weighted by Gasteiger charge is 2.16. The molecule has 4 heteroatoms. The van der Waals surface area contributed by atoms with Gasteiger partial charge in [0.1, 0.15) is 5.75 Å². The van der Waals surface area contributed by atoms with E-state index in [0.29, 0.717) is 10.6 Å². The smallest absolute Gasteiger partial charge is 0.268 e. The van der Waals surface area contributed by atoms with E-state index in [0.717, 1.165) is 10.4 Å². The van der Waals surface area contributed by atoms with Gasteiger partial charge in [0.05, 0.1) is 4.88 Å². The van der Waals surface area contributed by atoms with Crippen LogP contribution < -0.4 is 4.90 Å². The van der Waals surface area contributed by atoms with Gasteiger partial charge in [-0.1, -0.05) is 35.9 Å². The van der Waals surface area contributed by atoms with Crippen LogP contribution in [0.15, 0.2) is 60.7 Å². The Labute approximate surface area is 139 Å². The highest BCUT2D eigenvalue weighted by atomic mass is 32.1. The Balaban J connectivity index is 1.86. The quantitative estimate of drug-likeness (QED) is 0.758. The van der Waals surface area contributed by atoms with E-state index in [9.17, 15) is 9.90 Å². The van der Waals surface area contributed by atoms with Crippen LogP contribution in [-0.2, 0) is 0 Å². The first kappa shape index (κ1) is 15.3. The molecule has 1 aromatic heterocycles. The summed E-state index contributed by atoms with van der Waals surface area (Å²) in [5, 5.41) is 9.56. The molecule has 1 N–H and O–H groups in total. The van der Waals surface area contributed by atoms with E-state index in [1.54, 1.807) is 36.2 Å². The highest BCUT2D eigenvalue weighted by Crippen LogP contribution is 2.30. The number of nitrogens with zero attached hydrogens (tertiary/aromatic N) is 1. The largest absolute Gasteiger partial charge is 0.508 e. The van der Waals surface area contributed by atoms with Crippen LogP contribution in [0, 0.1) is 6.92 Å². The van der Waals surface area contributed by atoms with Crippen LogP contribution in [0.2, 0.25) is 0 Å². The molecule has 3 aromatic rings. The van der Waals surface area contributed by atoms with Crippen molar-refractivity contribution >= 4 is 22.9 Å². The molecule has 0 saturated carbocycles. The molecular weight excluding hydrogens is 306 g/mol. The van der Waals surface area contributed by atoms with Crippen LogP contribution in [0.1, 0.15) is 15.2 Å². The van der Waals surface area contributed by atoms with Gasteiger partial charge in [-0.15, -0.1) is 11.3 Å². The Kier molecular flexibility index (Phi) is 4.17. The van der Waals surface area contributed by atoms with Gasteiger partial charge in [0.25, 0.3) is 5.91 Å². The van der Waals surface area contributed by atoms with E-state index >= 15 is 0 Å². The molecule has 1 amide bonds. The second-order valence-electron chi connectivity index (χ2n) is 5.42. The second kappa shape index (κ2) is 6.26. The Morgan fingerprint density at radius 2 is 1.83 bits per heavy atom. The number of aromatic hydroxyl groups is 1. The van der Waals surface area contributed by atoms with E-state index in [2.05, 4.69) is 19.1 Å². The molecule has 0 atom stereocenters. The van der Waals surface area contributed by atoms with Gasteiger partial charge in [0.2, 0.25) is 0 Å². The predicted molar refractivity (Wildman–Crippen MR) is 95.3 cm³/mol. The lowest BCUT2D eigenvalue weighted by Crippen LogP contribution is -2.25. The summed E-state index contributed by atoms with van der Waals surface area (Å²) in [6.07, 6.45) is 0. The Morgan fingerprint density at radius 1 is 1.04 bits per heavy atom. The number of amides is 1. The molecule has 3 nitrogen and oxygen atoms in total. The van der Waals surface area contributed by atoms with Gasteiger partial charge in [0.15, 0.2) is 0 Å². The summed E-state index contributed by atoms with van der Waals surface area (Å²) in [6.45, 7) is 2.05. The van der Waals surface area contributed by atoms with Crippen LogP contribution in [-0.4, -0.2) is 18.1 Å². The fourth-order valence-electron chi connectivity index (χ4n) is 2.39.